The fourth-order valence-electron chi connectivity index (χ4n) is 3.75. The summed E-state index contributed by atoms with van der Waals surface area (Å²) in [5, 5.41) is 9.03. The first-order chi connectivity index (χ1) is 14.8. The lowest BCUT2D eigenvalue weighted by Gasteiger charge is -2.40. The smallest absolute Gasteiger partial charge is 0.419 e. The van der Waals surface area contributed by atoms with Crippen molar-refractivity contribution in [2.45, 2.75) is 37.4 Å². The Morgan fingerprint density at radius 1 is 1.16 bits per heavy atom. The number of halogens is 4. The molecule has 0 radical (unpaired) electrons. The lowest BCUT2D eigenvalue weighted by molar-refractivity contribution is -0.140. The number of nitrogens with zero attached hydrogens (tertiary/aromatic N) is 2. The van der Waals surface area contributed by atoms with E-state index in [4.69, 9.17) is 5.11 Å². The lowest BCUT2D eigenvalue weighted by atomic mass is 10.1. The van der Waals surface area contributed by atoms with E-state index in [1.807, 2.05) is 0 Å². The Labute approximate surface area is 183 Å². The van der Waals surface area contributed by atoms with Gasteiger partial charge >= 0.3 is 12.1 Å². The van der Waals surface area contributed by atoms with Crippen LogP contribution < -0.4 is 4.90 Å². The molecule has 0 bridgehead atoms. The number of aryl methyl sites for hydroxylation is 1. The van der Waals surface area contributed by atoms with Crippen LogP contribution in [0.15, 0.2) is 41.3 Å². The van der Waals surface area contributed by atoms with Crippen LogP contribution >= 0.6 is 0 Å². The van der Waals surface area contributed by atoms with E-state index in [0.29, 0.717) is 17.2 Å². The summed E-state index contributed by atoms with van der Waals surface area (Å²) in [5.74, 6) is -2.46. The first-order valence-corrected chi connectivity index (χ1v) is 11.2. The van der Waals surface area contributed by atoms with Crippen molar-refractivity contribution < 1.29 is 35.9 Å². The summed E-state index contributed by atoms with van der Waals surface area (Å²) in [6.07, 6.45) is -5.10. The van der Waals surface area contributed by atoms with Gasteiger partial charge in [-0.25, -0.2) is 12.8 Å². The molecule has 174 valence electrons. The first kappa shape index (κ1) is 24.0. The van der Waals surface area contributed by atoms with Gasteiger partial charge in [-0.2, -0.15) is 17.5 Å². The van der Waals surface area contributed by atoms with E-state index >= 15 is 0 Å². The van der Waals surface area contributed by atoms with Gasteiger partial charge in [0.15, 0.2) is 0 Å². The Kier molecular flexibility index (Phi) is 6.52. The summed E-state index contributed by atoms with van der Waals surface area (Å²) in [7, 11) is -3.92. The summed E-state index contributed by atoms with van der Waals surface area (Å²) in [4.78, 5) is 12.7. The molecule has 2 aromatic rings. The predicted octanol–water partition coefficient (Wildman–Crippen LogP) is 3.68. The van der Waals surface area contributed by atoms with Gasteiger partial charge in [0.2, 0.25) is 10.0 Å². The molecule has 0 aromatic heterocycles. The third-order valence-electron chi connectivity index (χ3n) is 5.48. The largest absolute Gasteiger partial charge is 0.481 e. The van der Waals surface area contributed by atoms with E-state index in [-0.39, 0.29) is 36.6 Å². The van der Waals surface area contributed by atoms with E-state index in [1.54, 1.807) is 24.8 Å². The fourth-order valence-corrected chi connectivity index (χ4v) is 5.31. The van der Waals surface area contributed by atoms with Gasteiger partial charge < -0.3 is 10.0 Å². The van der Waals surface area contributed by atoms with Gasteiger partial charge in [0.25, 0.3) is 0 Å². The van der Waals surface area contributed by atoms with Crippen molar-refractivity contribution in [2.75, 3.05) is 24.5 Å². The van der Waals surface area contributed by atoms with E-state index in [9.17, 15) is 30.8 Å². The highest BCUT2D eigenvalue weighted by atomic mass is 32.2. The van der Waals surface area contributed by atoms with Crippen LogP contribution in [0, 0.1) is 12.7 Å². The number of hydrogen-bond donors (Lipinski definition) is 1. The maximum Gasteiger partial charge on any atom is 0.419 e. The van der Waals surface area contributed by atoms with E-state index in [1.165, 1.54) is 22.5 Å². The van der Waals surface area contributed by atoms with Gasteiger partial charge in [-0.05, 0) is 55.3 Å². The van der Waals surface area contributed by atoms with Crippen molar-refractivity contribution >= 4 is 21.7 Å². The van der Waals surface area contributed by atoms with Gasteiger partial charge in [-0.15, -0.1) is 0 Å². The zero-order valence-electron chi connectivity index (χ0n) is 17.4. The molecule has 0 spiro atoms. The second-order valence-corrected chi connectivity index (χ2v) is 9.66. The molecule has 1 heterocycles. The van der Waals surface area contributed by atoms with Crippen LogP contribution in [0.3, 0.4) is 0 Å². The van der Waals surface area contributed by atoms with Crippen LogP contribution in [0.25, 0.3) is 0 Å². The Morgan fingerprint density at radius 3 is 2.41 bits per heavy atom. The quantitative estimate of drug-likeness (QED) is 0.669. The first-order valence-electron chi connectivity index (χ1n) is 9.75. The second-order valence-electron chi connectivity index (χ2n) is 7.73. The molecule has 1 aliphatic heterocycles. The monoisotopic (exact) mass is 474 g/mol. The average molecular weight is 474 g/mol. The van der Waals surface area contributed by atoms with Crippen molar-refractivity contribution in [3.8, 4) is 0 Å². The van der Waals surface area contributed by atoms with Crippen LogP contribution in [0.5, 0.6) is 0 Å². The molecule has 32 heavy (non-hydrogen) atoms. The lowest BCUT2D eigenvalue weighted by Crippen LogP contribution is -2.53. The Morgan fingerprint density at radius 2 is 1.84 bits per heavy atom. The molecule has 1 N–H and O–H groups in total. The van der Waals surface area contributed by atoms with Crippen LogP contribution in [-0.4, -0.2) is 49.5 Å². The molecule has 6 nitrogen and oxygen atoms in total. The molecule has 1 fully saturated rings. The molecule has 1 saturated heterocycles. The number of hydrogen-bond acceptors (Lipinski definition) is 4. The maximum atomic E-state index is 14.0. The molecular weight excluding hydrogens is 452 g/mol. The van der Waals surface area contributed by atoms with Gasteiger partial charge in [0.05, 0.1) is 16.9 Å². The van der Waals surface area contributed by atoms with E-state index < -0.39 is 39.6 Å². The normalized spacial score (nSPS) is 18.1. The highest BCUT2D eigenvalue weighted by Crippen LogP contribution is 2.34. The van der Waals surface area contributed by atoms with Crippen molar-refractivity contribution in [2.24, 2.45) is 0 Å². The number of carboxylic acid groups (broad SMARTS) is 1. The topological polar surface area (TPSA) is 77.9 Å². The molecule has 11 heteroatoms. The number of benzene rings is 2. The SMILES string of the molecule is Cc1ccc(S(=O)(=O)N2CCN(c3ccc(C(F)(F)F)c(F)c3)[C@H](C)C2)cc1CC(=O)O. The predicted molar refractivity (Wildman–Crippen MR) is 109 cm³/mol. The van der Waals surface area contributed by atoms with E-state index in [2.05, 4.69) is 0 Å². The Bertz CT molecular complexity index is 1140. The summed E-state index contributed by atoms with van der Waals surface area (Å²) >= 11 is 0. The summed E-state index contributed by atoms with van der Waals surface area (Å²) in [6.45, 7) is 3.62. The standard InChI is InChI=1S/C21H22F4N2O4S/c1-13-3-5-17(9-15(13)10-20(28)29)32(30,31)26-7-8-27(14(2)12-26)16-4-6-18(19(22)11-16)21(23,24)25/h3-6,9,11,14H,7-8,10,12H2,1-2H3,(H,28,29)/t14-/m1/s1. The number of anilines is 1. The van der Waals surface area contributed by atoms with Crippen molar-refractivity contribution in [1.82, 2.24) is 4.31 Å². The minimum atomic E-state index is -4.80. The minimum absolute atomic E-state index is 0.0272. The van der Waals surface area contributed by atoms with Crippen LogP contribution in [0.2, 0.25) is 0 Å². The third-order valence-corrected chi connectivity index (χ3v) is 7.34. The minimum Gasteiger partial charge on any atom is -0.481 e. The van der Waals surface area contributed by atoms with Gasteiger partial charge in [0, 0.05) is 31.4 Å². The number of rotatable bonds is 5. The molecular formula is C21H22F4N2O4S. The van der Waals surface area contributed by atoms with Crippen LogP contribution in [0.1, 0.15) is 23.6 Å². The highest BCUT2D eigenvalue weighted by molar-refractivity contribution is 7.89. The summed E-state index contributed by atoms with van der Waals surface area (Å²) in [6, 6.07) is 6.54. The molecule has 3 rings (SSSR count). The molecule has 1 atom stereocenters. The van der Waals surface area contributed by atoms with Crippen LogP contribution in [-0.2, 0) is 27.4 Å². The number of carbonyl (C=O) groups is 1. The second kappa shape index (κ2) is 8.70. The van der Waals surface area contributed by atoms with Crippen molar-refractivity contribution in [1.29, 1.82) is 0 Å². The fraction of sp³-hybridized carbons (Fsp3) is 0.381. The molecule has 0 saturated carbocycles. The molecule has 0 aliphatic carbocycles. The van der Waals surface area contributed by atoms with Gasteiger partial charge in [-0.1, -0.05) is 6.07 Å². The number of carboxylic acids is 1. The summed E-state index contributed by atoms with van der Waals surface area (Å²) in [5.41, 5.74) is -0.0647. The van der Waals surface area contributed by atoms with Crippen molar-refractivity contribution in [3.05, 3.63) is 58.9 Å². The number of alkyl halides is 3. The average Bonchev–Trinajstić information content (AvgIpc) is 2.68. The molecule has 0 unspecified atom stereocenters. The number of piperazine rings is 1. The van der Waals surface area contributed by atoms with E-state index in [0.717, 1.165) is 6.07 Å². The maximum absolute atomic E-state index is 14.0. The van der Waals surface area contributed by atoms with Crippen molar-refractivity contribution in [3.63, 3.8) is 0 Å². The third kappa shape index (κ3) is 4.88. The Hall–Kier alpha value is -2.66. The Balaban J connectivity index is 1.81. The van der Waals surface area contributed by atoms with Crippen LogP contribution in [0.4, 0.5) is 23.2 Å². The molecule has 2 aromatic carbocycles. The zero-order valence-corrected chi connectivity index (χ0v) is 18.2. The molecule has 1 aliphatic rings. The zero-order chi connectivity index (χ0) is 23.8. The number of sulfonamides is 1. The van der Waals surface area contributed by atoms with Gasteiger partial charge in [0.1, 0.15) is 5.82 Å². The molecule has 0 amide bonds. The summed E-state index contributed by atoms with van der Waals surface area (Å²) < 4.78 is 79.9. The number of aliphatic carboxylic acids is 1. The van der Waals surface area contributed by atoms with Gasteiger partial charge in [-0.3, -0.25) is 4.79 Å². The highest BCUT2D eigenvalue weighted by Gasteiger charge is 2.36.